The quantitative estimate of drug-likeness (QED) is 0.659. The number of H-pyrrole nitrogens is 1. The van der Waals surface area contributed by atoms with E-state index in [2.05, 4.69) is 16.9 Å². The Morgan fingerprint density at radius 2 is 2.20 bits per heavy atom. The molecule has 1 N–H and O–H groups in total. The van der Waals surface area contributed by atoms with Crippen LogP contribution >= 0.6 is 23.1 Å². The minimum atomic E-state index is -0.0501. The normalized spacial score (nSPS) is 20.7. The number of carbonyl (C=O) groups is 1. The second-order valence-electron chi connectivity index (χ2n) is 7.14. The zero-order valence-electron chi connectivity index (χ0n) is 14.5. The van der Waals surface area contributed by atoms with Crippen molar-refractivity contribution < 1.29 is 4.79 Å². The van der Waals surface area contributed by atoms with Gasteiger partial charge in [0.2, 0.25) is 5.91 Å². The number of carbonyl (C=O) groups excluding carboxylic acids is 1. The molecule has 5 nitrogen and oxygen atoms in total. The lowest BCUT2D eigenvalue weighted by Gasteiger charge is -2.30. The van der Waals surface area contributed by atoms with Crippen molar-refractivity contribution in [1.82, 2.24) is 14.9 Å². The Balaban J connectivity index is 1.50. The first kappa shape index (κ1) is 17.1. The van der Waals surface area contributed by atoms with Crippen LogP contribution in [-0.2, 0) is 17.6 Å². The maximum Gasteiger partial charge on any atom is 0.260 e. The van der Waals surface area contributed by atoms with Gasteiger partial charge in [-0.15, -0.1) is 11.3 Å². The average molecular weight is 378 g/mol. The first-order chi connectivity index (χ1) is 12.1. The molecule has 1 aliphatic heterocycles. The van der Waals surface area contributed by atoms with Gasteiger partial charge in [0.25, 0.3) is 5.56 Å². The molecule has 25 heavy (non-hydrogen) atoms. The number of fused-ring (bicyclic) bond motifs is 3. The van der Waals surface area contributed by atoms with E-state index in [4.69, 9.17) is 0 Å². The van der Waals surface area contributed by atoms with E-state index in [1.807, 2.05) is 4.90 Å². The second kappa shape index (κ2) is 7.11. The number of nitrogens with zero attached hydrogens (tertiary/aromatic N) is 2. The van der Waals surface area contributed by atoms with Crippen LogP contribution in [0.25, 0.3) is 10.2 Å². The Hall–Kier alpha value is -1.34. The fourth-order valence-electron chi connectivity index (χ4n) is 3.85. The molecule has 1 fully saturated rings. The summed E-state index contributed by atoms with van der Waals surface area (Å²) in [5, 5.41) is 1.34. The Morgan fingerprint density at radius 3 is 3.04 bits per heavy atom. The van der Waals surface area contributed by atoms with E-state index in [-0.39, 0.29) is 11.5 Å². The first-order valence-electron chi connectivity index (χ1n) is 9.07. The maximum absolute atomic E-state index is 12.5. The molecule has 0 saturated carbocycles. The molecule has 2 aromatic heterocycles. The summed E-state index contributed by atoms with van der Waals surface area (Å²) < 4.78 is 0. The SMILES string of the molecule is C[C@@H]1CCCN(C(=O)CSc2nc3sc4c(c3c(=O)[nH]2)CCCC4)C1. The number of aromatic amines is 1. The highest BCUT2D eigenvalue weighted by Gasteiger charge is 2.22. The van der Waals surface area contributed by atoms with Crippen molar-refractivity contribution in [2.24, 2.45) is 5.92 Å². The van der Waals surface area contributed by atoms with Crippen LogP contribution in [0.5, 0.6) is 0 Å². The zero-order valence-corrected chi connectivity index (χ0v) is 16.1. The number of nitrogens with one attached hydrogen (secondary N) is 1. The molecular formula is C18H23N3O2S2. The summed E-state index contributed by atoms with van der Waals surface area (Å²) in [7, 11) is 0. The van der Waals surface area contributed by atoms with Gasteiger partial charge in [0.1, 0.15) is 4.83 Å². The van der Waals surface area contributed by atoms with Gasteiger partial charge >= 0.3 is 0 Å². The van der Waals surface area contributed by atoms with Crippen LogP contribution in [0.15, 0.2) is 9.95 Å². The van der Waals surface area contributed by atoms with Crippen molar-refractivity contribution in [3.8, 4) is 0 Å². The molecule has 2 aromatic rings. The third kappa shape index (κ3) is 3.49. The number of thiophene rings is 1. The Labute approximate surface area is 155 Å². The topological polar surface area (TPSA) is 66.1 Å². The molecule has 0 unspecified atom stereocenters. The van der Waals surface area contributed by atoms with Crippen molar-refractivity contribution in [1.29, 1.82) is 0 Å². The minimum Gasteiger partial charge on any atom is -0.342 e. The van der Waals surface area contributed by atoms with Crippen molar-refractivity contribution in [2.45, 2.75) is 50.6 Å². The van der Waals surface area contributed by atoms with Gasteiger partial charge in [0.15, 0.2) is 5.16 Å². The van der Waals surface area contributed by atoms with Gasteiger partial charge in [-0.05, 0) is 50.0 Å². The third-order valence-corrected chi connectivity index (χ3v) is 7.19. The largest absolute Gasteiger partial charge is 0.342 e. The van der Waals surface area contributed by atoms with E-state index in [1.165, 1.54) is 35.0 Å². The van der Waals surface area contributed by atoms with Crippen LogP contribution in [0.1, 0.15) is 43.0 Å². The Kier molecular flexibility index (Phi) is 4.86. The van der Waals surface area contributed by atoms with Crippen molar-refractivity contribution in [2.75, 3.05) is 18.8 Å². The number of hydrogen-bond acceptors (Lipinski definition) is 5. The summed E-state index contributed by atoms with van der Waals surface area (Å²) in [5.74, 6) is 1.06. The standard InChI is InChI=1S/C18H23N3O2S2/c1-11-5-4-8-21(9-11)14(22)10-24-18-19-16(23)15-12-6-2-3-7-13(12)25-17(15)20-18/h11H,2-10H2,1H3,(H,19,20,23)/t11-/m1/s1. The van der Waals surface area contributed by atoms with E-state index < -0.39 is 0 Å². The number of hydrogen-bond donors (Lipinski definition) is 1. The molecule has 3 heterocycles. The lowest BCUT2D eigenvalue weighted by atomic mass is 9.97. The summed E-state index contributed by atoms with van der Waals surface area (Å²) >= 11 is 3.00. The van der Waals surface area contributed by atoms with Crippen LogP contribution in [0, 0.1) is 5.92 Å². The van der Waals surface area contributed by atoms with Gasteiger partial charge in [-0.25, -0.2) is 4.98 Å². The summed E-state index contributed by atoms with van der Waals surface area (Å²) in [6, 6.07) is 0. The summed E-state index contributed by atoms with van der Waals surface area (Å²) in [4.78, 5) is 36.5. The number of piperidine rings is 1. The van der Waals surface area contributed by atoms with Gasteiger partial charge in [-0.2, -0.15) is 0 Å². The molecule has 0 spiro atoms. The molecule has 0 bridgehead atoms. The van der Waals surface area contributed by atoms with Gasteiger partial charge in [-0.3, -0.25) is 9.59 Å². The summed E-state index contributed by atoms with van der Waals surface area (Å²) in [6.07, 6.45) is 6.67. The smallest absolute Gasteiger partial charge is 0.260 e. The Morgan fingerprint density at radius 1 is 1.36 bits per heavy atom. The summed E-state index contributed by atoms with van der Waals surface area (Å²) in [6.45, 7) is 3.89. The number of thioether (sulfide) groups is 1. The number of rotatable bonds is 3. The van der Waals surface area contributed by atoms with Crippen LogP contribution in [0.4, 0.5) is 0 Å². The maximum atomic E-state index is 12.5. The minimum absolute atomic E-state index is 0.0501. The third-order valence-electron chi connectivity index (χ3n) is 5.15. The molecule has 0 radical (unpaired) electrons. The van der Waals surface area contributed by atoms with Crippen LogP contribution in [-0.4, -0.2) is 39.6 Å². The molecule has 7 heteroatoms. The lowest BCUT2D eigenvalue weighted by Crippen LogP contribution is -2.40. The van der Waals surface area contributed by atoms with Gasteiger partial charge in [-0.1, -0.05) is 18.7 Å². The molecule has 4 rings (SSSR count). The number of amides is 1. The van der Waals surface area contributed by atoms with Crippen molar-refractivity contribution in [3.05, 3.63) is 20.8 Å². The summed E-state index contributed by atoms with van der Waals surface area (Å²) in [5.41, 5.74) is 1.15. The van der Waals surface area contributed by atoms with E-state index in [0.717, 1.165) is 49.0 Å². The molecule has 1 atom stereocenters. The number of likely N-dealkylation sites (tertiary alicyclic amines) is 1. The van der Waals surface area contributed by atoms with Gasteiger partial charge < -0.3 is 9.88 Å². The number of aromatic nitrogens is 2. The Bertz CT molecular complexity index is 858. The molecule has 0 aromatic carbocycles. The van der Waals surface area contributed by atoms with Crippen molar-refractivity contribution >= 4 is 39.2 Å². The predicted molar refractivity (Wildman–Crippen MR) is 103 cm³/mol. The molecule has 1 aliphatic carbocycles. The average Bonchev–Trinajstić information content (AvgIpc) is 2.98. The molecule has 1 saturated heterocycles. The molecule has 2 aliphatic rings. The predicted octanol–water partition coefficient (Wildman–Crippen LogP) is 3.21. The van der Waals surface area contributed by atoms with Gasteiger partial charge in [0, 0.05) is 18.0 Å². The highest BCUT2D eigenvalue weighted by atomic mass is 32.2. The first-order valence-corrected chi connectivity index (χ1v) is 10.9. The van der Waals surface area contributed by atoms with E-state index >= 15 is 0 Å². The fourth-order valence-corrected chi connectivity index (χ4v) is 5.93. The monoisotopic (exact) mass is 377 g/mol. The number of aryl methyl sites for hydroxylation is 2. The second-order valence-corrected chi connectivity index (χ2v) is 9.19. The van der Waals surface area contributed by atoms with Crippen LogP contribution in [0.3, 0.4) is 0 Å². The molecule has 134 valence electrons. The highest BCUT2D eigenvalue weighted by Crippen LogP contribution is 2.34. The molecule has 1 amide bonds. The lowest BCUT2D eigenvalue weighted by molar-refractivity contribution is -0.130. The van der Waals surface area contributed by atoms with E-state index in [0.29, 0.717) is 16.8 Å². The van der Waals surface area contributed by atoms with Crippen molar-refractivity contribution in [3.63, 3.8) is 0 Å². The zero-order chi connectivity index (χ0) is 17.4. The van der Waals surface area contributed by atoms with Crippen LogP contribution in [0.2, 0.25) is 0 Å². The fraction of sp³-hybridized carbons (Fsp3) is 0.611. The highest BCUT2D eigenvalue weighted by molar-refractivity contribution is 7.99. The molecular weight excluding hydrogens is 354 g/mol. The van der Waals surface area contributed by atoms with E-state index in [1.54, 1.807) is 11.3 Å². The van der Waals surface area contributed by atoms with Gasteiger partial charge in [0.05, 0.1) is 11.1 Å². The van der Waals surface area contributed by atoms with E-state index in [9.17, 15) is 9.59 Å². The van der Waals surface area contributed by atoms with Crippen LogP contribution < -0.4 is 5.56 Å².